The summed E-state index contributed by atoms with van der Waals surface area (Å²) in [5.41, 5.74) is 0.520. The monoisotopic (exact) mass is 324 g/mol. The fourth-order valence-corrected chi connectivity index (χ4v) is 2.01. The molecular formula is C16H21FN2O4. The number of halogens is 1. The van der Waals surface area contributed by atoms with E-state index < -0.39 is 17.8 Å². The van der Waals surface area contributed by atoms with Crippen molar-refractivity contribution in [3.05, 3.63) is 35.6 Å². The molecule has 23 heavy (non-hydrogen) atoms. The maximum atomic E-state index is 12.9. The molecule has 0 radical (unpaired) electrons. The molecule has 0 aromatic heterocycles. The Morgan fingerprint density at radius 3 is 2.30 bits per heavy atom. The van der Waals surface area contributed by atoms with E-state index in [1.165, 1.54) is 29.2 Å². The van der Waals surface area contributed by atoms with Gasteiger partial charge >= 0.3 is 5.97 Å². The topological polar surface area (TPSA) is 86.7 Å². The number of aliphatic carboxylic acids is 1. The molecule has 0 heterocycles. The van der Waals surface area contributed by atoms with Gasteiger partial charge in [-0.3, -0.25) is 14.4 Å². The number of rotatable bonds is 8. The van der Waals surface area contributed by atoms with Crippen LogP contribution < -0.4 is 5.32 Å². The van der Waals surface area contributed by atoms with Crippen LogP contribution in [0.3, 0.4) is 0 Å². The van der Waals surface area contributed by atoms with Crippen molar-refractivity contribution in [1.29, 1.82) is 0 Å². The minimum absolute atomic E-state index is 0.0709. The number of carboxylic acid groups (broad SMARTS) is 1. The van der Waals surface area contributed by atoms with Crippen LogP contribution in [0.15, 0.2) is 24.3 Å². The van der Waals surface area contributed by atoms with Crippen molar-refractivity contribution < 1.29 is 23.9 Å². The van der Waals surface area contributed by atoms with Crippen LogP contribution in [0.5, 0.6) is 0 Å². The van der Waals surface area contributed by atoms with E-state index in [1.54, 1.807) is 14.1 Å². The predicted molar refractivity (Wildman–Crippen MR) is 82.1 cm³/mol. The quantitative estimate of drug-likeness (QED) is 0.762. The van der Waals surface area contributed by atoms with Crippen LogP contribution in [0.4, 0.5) is 4.39 Å². The van der Waals surface area contributed by atoms with Crippen LogP contribution in [0.2, 0.25) is 0 Å². The van der Waals surface area contributed by atoms with Gasteiger partial charge in [0.05, 0.1) is 12.5 Å². The fourth-order valence-electron chi connectivity index (χ4n) is 2.01. The Labute approximate surface area is 134 Å². The minimum Gasteiger partial charge on any atom is -0.481 e. The van der Waals surface area contributed by atoms with Gasteiger partial charge in [0.2, 0.25) is 11.8 Å². The number of benzene rings is 1. The summed E-state index contributed by atoms with van der Waals surface area (Å²) in [6.45, 7) is 0. The summed E-state index contributed by atoms with van der Waals surface area (Å²) in [5, 5.41) is 11.6. The number of nitrogens with zero attached hydrogens (tertiary/aromatic N) is 1. The summed E-state index contributed by atoms with van der Waals surface area (Å²) in [5.74, 6) is -1.91. The van der Waals surface area contributed by atoms with E-state index in [4.69, 9.17) is 5.11 Å². The van der Waals surface area contributed by atoms with Gasteiger partial charge in [0.25, 0.3) is 0 Å². The second-order valence-corrected chi connectivity index (χ2v) is 5.41. The average molecular weight is 324 g/mol. The summed E-state index contributed by atoms with van der Waals surface area (Å²) >= 11 is 0. The fraction of sp³-hybridized carbons (Fsp3) is 0.438. The molecule has 2 N–H and O–H groups in total. The van der Waals surface area contributed by atoms with Gasteiger partial charge in [0.15, 0.2) is 0 Å². The van der Waals surface area contributed by atoms with Crippen LogP contribution in [0.25, 0.3) is 0 Å². The highest BCUT2D eigenvalue weighted by Crippen LogP contribution is 2.18. The zero-order valence-corrected chi connectivity index (χ0v) is 13.2. The Morgan fingerprint density at radius 1 is 1.17 bits per heavy atom. The Kier molecular flexibility index (Phi) is 7.18. The van der Waals surface area contributed by atoms with E-state index in [-0.39, 0.29) is 31.1 Å². The second kappa shape index (κ2) is 8.87. The first kappa shape index (κ1) is 18.6. The van der Waals surface area contributed by atoms with Gasteiger partial charge in [-0.25, -0.2) is 4.39 Å². The molecule has 0 bridgehead atoms. The van der Waals surface area contributed by atoms with E-state index >= 15 is 0 Å². The molecule has 1 aromatic carbocycles. The van der Waals surface area contributed by atoms with Gasteiger partial charge in [0, 0.05) is 26.9 Å². The highest BCUT2D eigenvalue weighted by molar-refractivity contribution is 5.79. The lowest BCUT2D eigenvalue weighted by molar-refractivity contribution is -0.137. The molecule has 0 aliphatic heterocycles. The van der Waals surface area contributed by atoms with E-state index in [0.717, 1.165) is 0 Å². The van der Waals surface area contributed by atoms with Crippen LogP contribution in [-0.4, -0.2) is 41.9 Å². The van der Waals surface area contributed by atoms with Crippen LogP contribution >= 0.6 is 0 Å². The predicted octanol–water partition coefficient (Wildman–Crippen LogP) is 1.72. The zero-order valence-electron chi connectivity index (χ0n) is 13.2. The average Bonchev–Trinajstić information content (AvgIpc) is 2.46. The van der Waals surface area contributed by atoms with Crippen LogP contribution in [-0.2, 0) is 14.4 Å². The lowest BCUT2D eigenvalue weighted by atomic mass is 10.0. The maximum absolute atomic E-state index is 12.9. The van der Waals surface area contributed by atoms with Crippen molar-refractivity contribution in [3.8, 4) is 0 Å². The van der Waals surface area contributed by atoms with Crippen molar-refractivity contribution >= 4 is 17.8 Å². The number of nitrogens with one attached hydrogen (secondary N) is 1. The van der Waals surface area contributed by atoms with Gasteiger partial charge in [-0.1, -0.05) is 12.1 Å². The Bertz CT molecular complexity index is 558. The summed E-state index contributed by atoms with van der Waals surface area (Å²) in [4.78, 5) is 35.7. The van der Waals surface area contributed by atoms with Crippen molar-refractivity contribution in [2.24, 2.45) is 0 Å². The molecule has 0 fully saturated rings. The maximum Gasteiger partial charge on any atom is 0.305 e. The number of carbonyl (C=O) groups is 3. The molecule has 2 amide bonds. The standard InChI is InChI=1S/C16H21FN2O4/c1-19(2)15(21)5-3-4-14(20)18-13(10-16(22)23)11-6-8-12(17)9-7-11/h6-9,13H,3-5,10H2,1-2H3,(H,18,20)(H,22,23). The summed E-state index contributed by atoms with van der Waals surface area (Å²) < 4.78 is 12.9. The number of hydrogen-bond donors (Lipinski definition) is 2. The van der Waals surface area contributed by atoms with Crippen molar-refractivity contribution in [2.75, 3.05) is 14.1 Å². The third-order valence-electron chi connectivity index (χ3n) is 3.28. The number of amides is 2. The molecular weight excluding hydrogens is 303 g/mol. The minimum atomic E-state index is -1.07. The van der Waals surface area contributed by atoms with Crippen molar-refractivity contribution in [1.82, 2.24) is 10.2 Å². The van der Waals surface area contributed by atoms with Gasteiger partial charge in [-0.05, 0) is 24.1 Å². The smallest absolute Gasteiger partial charge is 0.305 e. The molecule has 1 aromatic rings. The zero-order chi connectivity index (χ0) is 17.4. The normalized spacial score (nSPS) is 11.6. The molecule has 1 atom stereocenters. The molecule has 0 spiro atoms. The van der Waals surface area contributed by atoms with Crippen LogP contribution in [0, 0.1) is 5.82 Å². The van der Waals surface area contributed by atoms with E-state index in [9.17, 15) is 18.8 Å². The first-order valence-electron chi connectivity index (χ1n) is 7.26. The SMILES string of the molecule is CN(C)C(=O)CCCC(=O)NC(CC(=O)O)c1ccc(F)cc1. The molecule has 1 rings (SSSR count). The third-order valence-corrected chi connectivity index (χ3v) is 3.28. The highest BCUT2D eigenvalue weighted by Gasteiger charge is 2.18. The van der Waals surface area contributed by atoms with E-state index in [2.05, 4.69) is 5.32 Å². The second-order valence-electron chi connectivity index (χ2n) is 5.41. The van der Waals surface area contributed by atoms with Gasteiger partial charge in [-0.2, -0.15) is 0 Å². The number of carboxylic acids is 1. The van der Waals surface area contributed by atoms with Gasteiger partial charge in [-0.15, -0.1) is 0 Å². The summed E-state index contributed by atoms with van der Waals surface area (Å²) in [7, 11) is 3.28. The third kappa shape index (κ3) is 6.90. The molecule has 0 saturated heterocycles. The molecule has 0 aliphatic carbocycles. The lowest BCUT2D eigenvalue weighted by Crippen LogP contribution is -2.30. The van der Waals surface area contributed by atoms with Gasteiger partial charge < -0.3 is 15.3 Å². The Balaban J connectivity index is 2.59. The lowest BCUT2D eigenvalue weighted by Gasteiger charge is -2.17. The number of carbonyl (C=O) groups excluding carboxylic acids is 2. The van der Waals surface area contributed by atoms with E-state index in [1.807, 2.05) is 0 Å². The molecule has 7 heteroatoms. The first-order valence-corrected chi connectivity index (χ1v) is 7.26. The Morgan fingerprint density at radius 2 is 1.78 bits per heavy atom. The molecule has 0 saturated carbocycles. The molecule has 126 valence electrons. The molecule has 0 aliphatic rings. The van der Waals surface area contributed by atoms with Crippen LogP contribution in [0.1, 0.15) is 37.3 Å². The Hall–Kier alpha value is -2.44. The first-order chi connectivity index (χ1) is 10.8. The van der Waals surface area contributed by atoms with Gasteiger partial charge in [0.1, 0.15) is 5.82 Å². The van der Waals surface area contributed by atoms with E-state index in [0.29, 0.717) is 12.0 Å². The largest absolute Gasteiger partial charge is 0.481 e. The highest BCUT2D eigenvalue weighted by atomic mass is 19.1. The summed E-state index contributed by atoms with van der Waals surface area (Å²) in [6, 6.07) is 4.58. The van der Waals surface area contributed by atoms with Crippen molar-refractivity contribution in [3.63, 3.8) is 0 Å². The molecule has 1 unspecified atom stereocenters. The van der Waals surface area contributed by atoms with Crippen molar-refractivity contribution in [2.45, 2.75) is 31.7 Å². The summed E-state index contributed by atoms with van der Waals surface area (Å²) in [6.07, 6.45) is 0.456. The molecule has 6 nitrogen and oxygen atoms in total. The number of hydrogen-bond acceptors (Lipinski definition) is 3.